The Morgan fingerprint density at radius 1 is 0.897 bits per heavy atom. The molecule has 0 unspecified atom stereocenters. The van der Waals surface area contributed by atoms with E-state index in [1.54, 1.807) is 0 Å². The van der Waals surface area contributed by atoms with E-state index in [9.17, 15) is 4.79 Å². The van der Waals surface area contributed by atoms with Crippen molar-refractivity contribution in [2.75, 3.05) is 19.8 Å². The molecule has 0 bridgehead atoms. The lowest BCUT2D eigenvalue weighted by Crippen LogP contribution is -1.97. The fourth-order valence-electron chi connectivity index (χ4n) is 2.42. The van der Waals surface area contributed by atoms with Crippen molar-refractivity contribution in [2.24, 2.45) is 0 Å². The Morgan fingerprint density at radius 3 is 1.76 bits per heavy atom. The molecule has 0 spiro atoms. The van der Waals surface area contributed by atoms with Gasteiger partial charge in [0.25, 0.3) is 0 Å². The quantitative estimate of drug-likeness (QED) is 0.504. The summed E-state index contributed by atoms with van der Waals surface area (Å²) in [6, 6.07) is 15.7. The molecule has 0 amide bonds. The molecular formula is C22H28BBr2O4. The zero-order valence-electron chi connectivity index (χ0n) is 16.5. The second-order valence-corrected chi connectivity index (χ2v) is 7.93. The average Bonchev–Trinajstić information content (AvgIpc) is 3.27. The fraction of sp³-hybridized carbons (Fsp3) is 0.409. The van der Waals surface area contributed by atoms with E-state index >= 15 is 0 Å². The third kappa shape index (κ3) is 13.7. The maximum atomic E-state index is 10.3. The van der Waals surface area contributed by atoms with Gasteiger partial charge in [-0.15, -0.1) is 0 Å². The molecule has 2 aromatic rings. The summed E-state index contributed by atoms with van der Waals surface area (Å²) in [7, 11) is 0. The number of carbonyl (C=O) groups is 1. The van der Waals surface area contributed by atoms with Crippen molar-refractivity contribution in [3.63, 3.8) is 0 Å². The molecule has 0 atom stereocenters. The molecule has 1 aliphatic heterocycles. The van der Waals surface area contributed by atoms with E-state index in [4.69, 9.17) is 14.9 Å². The minimum Gasteiger partial charge on any atom is -0.481 e. The number of aryl methyl sites for hydroxylation is 2. The molecule has 1 saturated heterocycles. The molecule has 2 aromatic carbocycles. The Labute approximate surface area is 192 Å². The van der Waals surface area contributed by atoms with Gasteiger partial charge in [-0.1, -0.05) is 68.3 Å². The predicted molar refractivity (Wildman–Crippen MR) is 125 cm³/mol. The second kappa shape index (κ2) is 17.7. The van der Waals surface area contributed by atoms with Gasteiger partial charge in [0.05, 0.1) is 0 Å². The lowest BCUT2D eigenvalue weighted by molar-refractivity contribution is -0.136. The maximum absolute atomic E-state index is 10.3. The van der Waals surface area contributed by atoms with Crippen molar-refractivity contribution < 1.29 is 19.7 Å². The minimum absolute atomic E-state index is 0. The van der Waals surface area contributed by atoms with Crippen LogP contribution >= 0.6 is 31.9 Å². The summed E-state index contributed by atoms with van der Waals surface area (Å²) in [6.45, 7) is 2.27. The molecule has 3 radical (unpaired) electrons. The van der Waals surface area contributed by atoms with Crippen molar-refractivity contribution in [1.29, 1.82) is 0 Å². The van der Waals surface area contributed by atoms with E-state index < -0.39 is 5.97 Å². The molecule has 7 heteroatoms. The normalized spacial score (nSPS) is 12.0. The maximum Gasteiger partial charge on any atom is 0.303 e. The molecule has 0 aliphatic carbocycles. The lowest BCUT2D eigenvalue weighted by atomic mass is 10.1. The second-order valence-electron chi connectivity index (χ2n) is 6.22. The number of halogens is 2. The van der Waals surface area contributed by atoms with Crippen LogP contribution in [-0.2, 0) is 22.4 Å². The van der Waals surface area contributed by atoms with Crippen LogP contribution in [0.4, 0.5) is 0 Å². The Bertz CT molecular complexity index is 686. The van der Waals surface area contributed by atoms with Gasteiger partial charge in [0.1, 0.15) is 0 Å². The molecule has 157 valence electrons. The molecule has 1 heterocycles. The Kier molecular flexibility index (Phi) is 17.0. The zero-order valence-corrected chi connectivity index (χ0v) is 19.7. The predicted octanol–water partition coefficient (Wildman–Crippen LogP) is 5.26. The molecule has 1 fully saturated rings. The SMILES string of the molecule is C1CCOC1.O=C(O)CCc1ccccc1Br.OCCCc1ccccc1Br.[B]. The number of carboxylic acid groups (broad SMARTS) is 1. The standard InChI is InChI=1S/C9H9BrO2.C9H11BrO.C4H8O.B/c10-8-4-2-1-3-7(8)5-6-9(11)12;10-9-6-2-1-4-8(9)5-3-7-11;1-2-4-5-3-1;/h1-4H,5-6H2,(H,11,12);1-2,4,6,11H,3,5,7H2;1-4H2;. The van der Waals surface area contributed by atoms with Crippen molar-refractivity contribution in [2.45, 2.75) is 38.5 Å². The van der Waals surface area contributed by atoms with E-state index in [0.29, 0.717) is 6.42 Å². The smallest absolute Gasteiger partial charge is 0.303 e. The molecule has 3 rings (SSSR count). The summed E-state index contributed by atoms with van der Waals surface area (Å²) in [4.78, 5) is 10.3. The summed E-state index contributed by atoms with van der Waals surface area (Å²) in [5, 5.41) is 17.1. The first-order valence-electron chi connectivity index (χ1n) is 9.41. The summed E-state index contributed by atoms with van der Waals surface area (Å²) >= 11 is 6.80. The van der Waals surface area contributed by atoms with Gasteiger partial charge in [0.2, 0.25) is 0 Å². The first-order chi connectivity index (χ1) is 13.5. The zero-order chi connectivity index (χ0) is 20.6. The van der Waals surface area contributed by atoms with E-state index in [2.05, 4.69) is 37.9 Å². The van der Waals surface area contributed by atoms with E-state index in [1.165, 1.54) is 18.4 Å². The van der Waals surface area contributed by atoms with Crippen LogP contribution in [0.25, 0.3) is 0 Å². The van der Waals surface area contributed by atoms with Gasteiger partial charge >= 0.3 is 5.97 Å². The van der Waals surface area contributed by atoms with Gasteiger partial charge in [-0.25, -0.2) is 0 Å². The van der Waals surface area contributed by atoms with Gasteiger partial charge in [-0.05, 0) is 55.4 Å². The number of aliphatic hydroxyl groups excluding tert-OH is 1. The van der Waals surface area contributed by atoms with Crippen molar-refractivity contribution in [3.8, 4) is 0 Å². The van der Waals surface area contributed by atoms with Crippen LogP contribution in [-0.4, -0.2) is 44.4 Å². The molecule has 0 saturated carbocycles. The first-order valence-corrected chi connectivity index (χ1v) is 11.0. The van der Waals surface area contributed by atoms with Gasteiger partial charge in [0, 0.05) is 43.6 Å². The van der Waals surface area contributed by atoms with E-state index in [1.807, 2.05) is 42.5 Å². The molecule has 2 N–H and O–H groups in total. The number of benzene rings is 2. The fourth-order valence-corrected chi connectivity index (χ4v) is 3.39. The van der Waals surface area contributed by atoms with E-state index in [-0.39, 0.29) is 21.4 Å². The molecule has 29 heavy (non-hydrogen) atoms. The molecular weight excluding hydrogens is 499 g/mol. The Morgan fingerprint density at radius 2 is 1.38 bits per heavy atom. The largest absolute Gasteiger partial charge is 0.481 e. The van der Waals surface area contributed by atoms with Crippen LogP contribution in [0.1, 0.15) is 36.8 Å². The highest BCUT2D eigenvalue weighted by molar-refractivity contribution is 9.10. The summed E-state index contributed by atoms with van der Waals surface area (Å²) in [5.41, 5.74) is 2.31. The van der Waals surface area contributed by atoms with Gasteiger partial charge in [-0.2, -0.15) is 0 Å². The number of hydrogen-bond acceptors (Lipinski definition) is 3. The van der Waals surface area contributed by atoms with Gasteiger partial charge in [-0.3, -0.25) is 4.79 Å². The summed E-state index contributed by atoms with van der Waals surface area (Å²) < 4.78 is 7.06. The first kappa shape index (κ1) is 27.9. The highest BCUT2D eigenvalue weighted by Gasteiger charge is 2.01. The number of aliphatic carboxylic acids is 1. The molecule has 0 aromatic heterocycles. The number of hydrogen-bond donors (Lipinski definition) is 2. The number of ether oxygens (including phenoxy) is 1. The van der Waals surface area contributed by atoms with Gasteiger partial charge in [0.15, 0.2) is 0 Å². The van der Waals surface area contributed by atoms with Crippen LogP contribution in [0.5, 0.6) is 0 Å². The van der Waals surface area contributed by atoms with Crippen LogP contribution in [0.3, 0.4) is 0 Å². The summed E-state index contributed by atoms with van der Waals surface area (Å²) in [6.07, 6.45) is 5.10. The monoisotopic (exact) mass is 525 g/mol. The van der Waals surface area contributed by atoms with Crippen molar-refractivity contribution in [1.82, 2.24) is 0 Å². The van der Waals surface area contributed by atoms with Crippen LogP contribution in [0.15, 0.2) is 57.5 Å². The third-order valence-corrected chi connectivity index (χ3v) is 5.50. The highest BCUT2D eigenvalue weighted by Crippen LogP contribution is 2.17. The third-order valence-electron chi connectivity index (χ3n) is 3.96. The number of carboxylic acids is 1. The summed E-state index contributed by atoms with van der Waals surface area (Å²) in [5.74, 6) is -0.759. The minimum atomic E-state index is -0.759. The average molecular weight is 527 g/mol. The Balaban J connectivity index is 0.000000427. The van der Waals surface area contributed by atoms with E-state index in [0.717, 1.165) is 40.6 Å². The topological polar surface area (TPSA) is 66.8 Å². The molecule has 4 nitrogen and oxygen atoms in total. The highest BCUT2D eigenvalue weighted by atomic mass is 79.9. The van der Waals surface area contributed by atoms with Crippen LogP contribution in [0.2, 0.25) is 0 Å². The van der Waals surface area contributed by atoms with Crippen LogP contribution in [0, 0.1) is 0 Å². The number of aliphatic hydroxyl groups is 1. The van der Waals surface area contributed by atoms with Gasteiger partial charge < -0.3 is 14.9 Å². The number of rotatable bonds is 6. The molecule has 1 aliphatic rings. The Hall–Kier alpha value is -1.15. The van der Waals surface area contributed by atoms with Crippen molar-refractivity contribution >= 4 is 46.2 Å². The van der Waals surface area contributed by atoms with Crippen molar-refractivity contribution in [3.05, 3.63) is 68.6 Å². The van der Waals surface area contributed by atoms with Crippen LogP contribution < -0.4 is 0 Å². The lowest BCUT2D eigenvalue weighted by Gasteiger charge is -2.00.